The predicted octanol–water partition coefficient (Wildman–Crippen LogP) is 8.28. The summed E-state index contributed by atoms with van der Waals surface area (Å²) in [6.07, 6.45) is 4.15. The molecule has 0 N–H and O–H groups in total. The van der Waals surface area contributed by atoms with Crippen molar-refractivity contribution in [1.29, 1.82) is 0 Å². The first-order valence-electron chi connectivity index (χ1n) is 11.8. The SMILES string of the molecule is C=C/C(=C\C)c1cccc2c1-c1ccccc1C21c2ccccc2C(C)(C)c2ccccc21. The molecule has 0 radical (unpaired) electrons. The molecule has 0 amide bonds. The zero-order valence-corrected chi connectivity index (χ0v) is 19.5. The molecule has 2 aliphatic carbocycles. The molecule has 0 nitrogen and oxygen atoms in total. The molecule has 0 aromatic heterocycles. The second-order valence-corrected chi connectivity index (χ2v) is 9.69. The van der Waals surface area contributed by atoms with Gasteiger partial charge < -0.3 is 0 Å². The van der Waals surface area contributed by atoms with Gasteiger partial charge in [0.2, 0.25) is 0 Å². The normalized spacial score (nSPS) is 16.5. The fourth-order valence-corrected chi connectivity index (χ4v) is 6.53. The van der Waals surface area contributed by atoms with Gasteiger partial charge >= 0.3 is 0 Å². The van der Waals surface area contributed by atoms with Gasteiger partial charge in [-0.2, -0.15) is 0 Å². The Labute approximate surface area is 196 Å². The number of fused-ring (bicyclic) bond motifs is 9. The van der Waals surface area contributed by atoms with E-state index in [1.807, 2.05) is 6.08 Å². The molecular formula is C33H28. The van der Waals surface area contributed by atoms with E-state index >= 15 is 0 Å². The van der Waals surface area contributed by atoms with Gasteiger partial charge in [-0.15, -0.1) is 0 Å². The minimum atomic E-state index is -0.329. The van der Waals surface area contributed by atoms with E-state index in [-0.39, 0.29) is 10.8 Å². The third kappa shape index (κ3) is 2.36. The van der Waals surface area contributed by atoms with Crippen LogP contribution in [0.1, 0.15) is 59.7 Å². The Morgan fingerprint density at radius 3 is 1.73 bits per heavy atom. The molecule has 160 valence electrons. The van der Waals surface area contributed by atoms with Crippen LogP contribution < -0.4 is 0 Å². The standard InChI is InChI=1S/C33H28/c1-5-22(6-2)23-15-13-21-30-31(23)24-14-7-8-16-25(24)33(30)28-19-11-9-17-26(28)32(3,4)27-18-10-12-20-29(27)33/h5-21H,1H2,2-4H3/b22-6+. The lowest BCUT2D eigenvalue weighted by Gasteiger charge is -2.46. The minimum absolute atomic E-state index is 0.0661. The highest BCUT2D eigenvalue weighted by Crippen LogP contribution is 2.62. The van der Waals surface area contributed by atoms with Gasteiger partial charge in [-0.1, -0.05) is 124 Å². The van der Waals surface area contributed by atoms with Crippen molar-refractivity contribution in [3.8, 4) is 11.1 Å². The van der Waals surface area contributed by atoms with Crippen molar-refractivity contribution in [3.63, 3.8) is 0 Å². The smallest absolute Gasteiger partial charge is 0.0719 e. The van der Waals surface area contributed by atoms with Crippen molar-refractivity contribution >= 4 is 5.57 Å². The van der Waals surface area contributed by atoms with Crippen LogP contribution in [0.15, 0.2) is 110 Å². The zero-order valence-electron chi connectivity index (χ0n) is 19.5. The van der Waals surface area contributed by atoms with Crippen LogP contribution in [-0.2, 0) is 10.8 Å². The van der Waals surface area contributed by atoms with Gasteiger partial charge in [0, 0.05) is 5.41 Å². The lowest BCUT2D eigenvalue weighted by atomic mass is 9.55. The van der Waals surface area contributed by atoms with Gasteiger partial charge in [0.25, 0.3) is 0 Å². The van der Waals surface area contributed by atoms with E-state index in [2.05, 4.69) is 124 Å². The van der Waals surface area contributed by atoms with Gasteiger partial charge in [-0.05, 0) is 62.6 Å². The average molecular weight is 425 g/mol. The topological polar surface area (TPSA) is 0 Å². The summed E-state index contributed by atoms with van der Waals surface area (Å²) >= 11 is 0. The first-order chi connectivity index (χ1) is 16.1. The minimum Gasteiger partial charge on any atom is -0.0985 e. The van der Waals surface area contributed by atoms with Gasteiger partial charge in [0.1, 0.15) is 0 Å². The molecule has 0 fully saturated rings. The molecule has 0 heterocycles. The Balaban J connectivity index is 1.86. The molecular weight excluding hydrogens is 396 g/mol. The van der Waals surface area contributed by atoms with Crippen LogP contribution in [0.5, 0.6) is 0 Å². The molecule has 4 aromatic carbocycles. The van der Waals surface area contributed by atoms with E-state index in [4.69, 9.17) is 0 Å². The number of allylic oxidation sites excluding steroid dienone is 3. The third-order valence-corrected chi connectivity index (χ3v) is 7.92. The van der Waals surface area contributed by atoms with Crippen LogP contribution >= 0.6 is 0 Å². The molecule has 6 rings (SSSR count). The number of benzene rings is 4. The lowest BCUT2D eigenvalue weighted by molar-refractivity contribution is 0.563. The summed E-state index contributed by atoms with van der Waals surface area (Å²) < 4.78 is 0. The van der Waals surface area contributed by atoms with Crippen molar-refractivity contribution in [3.05, 3.63) is 149 Å². The lowest BCUT2D eigenvalue weighted by Crippen LogP contribution is -2.40. The number of hydrogen-bond acceptors (Lipinski definition) is 0. The van der Waals surface area contributed by atoms with E-state index in [0.29, 0.717) is 0 Å². The van der Waals surface area contributed by atoms with Crippen LogP contribution in [-0.4, -0.2) is 0 Å². The van der Waals surface area contributed by atoms with E-state index in [1.54, 1.807) is 0 Å². The largest absolute Gasteiger partial charge is 0.0985 e. The summed E-state index contributed by atoms with van der Waals surface area (Å²) in [6, 6.07) is 34.0. The van der Waals surface area contributed by atoms with Crippen molar-refractivity contribution in [2.45, 2.75) is 31.6 Å². The molecule has 33 heavy (non-hydrogen) atoms. The first kappa shape index (κ1) is 20.0. The highest BCUT2D eigenvalue weighted by atomic mass is 14.5. The number of hydrogen-bond donors (Lipinski definition) is 0. The van der Waals surface area contributed by atoms with Gasteiger partial charge in [-0.3, -0.25) is 0 Å². The van der Waals surface area contributed by atoms with Crippen molar-refractivity contribution in [1.82, 2.24) is 0 Å². The van der Waals surface area contributed by atoms with Gasteiger partial charge in [0.05, 0.1) is 5.41 Å². The summed E-state index contributed by atoms with van der Waals surface area (Å²) in [4.78, 5) is 0. The fraction of sp³-hybridized carbons (Fsp3) is 0.152. The molecule has 0 aliphatic heterocycles. The van der Waals surface area contributed by atoms with Crippen molar-refractivity contribution in [2.24, 2.45) is 0 Å². The maximum absolute atomic E-state index is 4.12. The van der Waals surface area contributed by atoms with Crippen LogP contribution in [0.2, 0.25) is 0 Å². The molecule has 2 aliphatic rings. The third-order valence-electron chi connectivity index (χ3n) is 7.92. The number of rotatable bonds is 2. The van der Waals surface area contributed by atoms with Crippen LogP contribution in [0.25, 0.3) is 16.7 Å². The highest BCUT2D eigenvalue weighted by molar-refractivity contribution is 5.95. The summed E-state index contributed by atoms with van der Waals surface area (Å²) in [6.45, 7) is 10.9. The summed E-state index contributed by atoms with van der Waals surface area (Å²) in [5.41, 5.74) is 13.1. The van der Waals surface area contributed by atoms with Crippen LogP contribution in [0.4, 0.5) is 0 Å². The van der Waals surface area contributed by atoms with Crippen LogP contribution in [0, 0.1) is 0 Å². The summed E-state index contributed by atoms with van der Waals surface area (Å²) in [5, 5.41) is 0. The molecule has 0 bridgehead atoms. The van der Waals surface area contributed by atoms with E-state index in [0.717, 1.165) is 0 Å². The molecule has 1 spiro atoms. The Morgan fingerprint density at radius 1 is 0.636 bits per heavy atom. The van der Waals surface area contributed by atoms with E-state index in [1.165, 1.54) is 55.6 Å². The monoisotopic (exact) mass is 424 g/mol. The Hall–Kier alpha value is -3.64. The maximum atomic E-state index is 4.12. The van der Waals surface area contributed by atoms with E-state index < -0.39 is 0 Å². The molecule has 0 atom stereocenters. The predicted molar refractivity (Wildman–Crippen MR) is 140 cm³/mol. The van der Waals surface area contributed by atoms with E-state index in [9.17, 15) is 0 Å². The average Bonchev–Trinajstić information content (AvgIpc) is 3.16. The van der Waals surface area contributed by atoms with Crippen molar-refractivity contribution < 1.29 is 0 Å². The molecule has 0 saturated carbocycles. The quantitative estimate of drug-likeness (QED) is 0.250. The molecule has 0 saturated heterocycles. The Morgan fingerprint density at radius 2 is 1.15 bits per heavy atom. The second-order valence-electron chi connectivity index (χ2n) is 9.69. The fourth-order valence-electron chi connectivity index (χ4n) is 6.53. The molecule has 0 heteroatoms. The summed E-state index contributed by atoms with van der Waals surface area (Å²) in [7, 11) is 0. The van der Waals surface area contributed by atoms with Crippen molar-refractivity contribution in [2.75, 3.05) is 0 Å². The Bertz CT molecular complexity index is 1410. The van der Waals surface area contributed by atoms with Gasteiger partial charge in [-0.25, -0.2) is 0 Å². The summed E-state index contributed by atoms with van der Waals surface area (Å²) in [5.74, 6) is 0. The van der Waals surface area contributed by atoms with Gasteiger partial charge in [0.15, 0.2) is 0 Å². The van der Waals surface area contributed by atoms with Crippen LogP contribution in [0.3, 0.4) is 0 Å². The second kappa shape index (κ2) is 6.93. The zero-order chi connectivity index (χ0) is 22.8. The highest BCUT2D eigenvalue weighted by Gasteiger charge is 2.53. The first-order valence-corrected chi connectivity index (χ1v) is 11.8. The maximum Gasteiger partial charge on any atom is 0.0719 e. The Kier molecular flexibility index (Phi) is 4.20. The molecule has 0 unspecified atom stereocenters. The molecule has 4 aromatic rings.